The predicted molar refractivity (Wildman–Crippen MR) is 91.7 cm³/mol. The molecule has 1 saturated heterocycles. The Balaban J connectivity index is 1.48. The Morgan fingerprint density at radius 1 is 1.40 bits per heavy atom. The second kappa shape index (κ2) is 8.73. The molecule has 0 spiro atoms. The maximum atomic E-state index is 12.2. The average molecular weight is 344 g/mol. The van der Waals surface area contributed by atoms with E-state index >= 15 is 0 Å². The molecule has 2 aromatic rings. The van der Waals surface area contributed by atoms with Crippen molar-refractivity contribution in [3.8, 4) is 0 Å². The van der Waals surface area contributed by atoms with Gasteiger partial charge >= 0.3 is 0 Å². The van der Waals surface area contributed by atoms with Gasteiger partial charge in [-0.15, -0.1) is 0 Å². The van der Waals surface area contributed by atoms with E-state index in [4.69, 9.17) is 9.47 Å². The number of aromatic nitrogens is 3. The van der Waals surface area contributed by atoms with Gasteiger partial charge in [0.1, 0.15) is 18.7 Å². The summed E-state index contributed by atoms with van der Waals surface area (Å²) >= 11 is 0. The number of hydrogen-bond acceptors (Lipinski definition) is 5. The van der Waals surface area contributed by atoms with E-state index in [1.165, 1.54) is 11.0 Å². The first-order valence-corrected chi connectivity index (χ1v) is 8.61. The number of nitrogens with zero attached hydrogens (tertiary/aromatic N) is 3. The molecule has 1 aliphatic rings. The maximum Gasteiger partial charge on any atom is 0.244 e. The van der Waals surface area contributed by atoms with E-state index in [0.29, 0.717) is 13.2 Å². The highest BCUT2D eigenvalue weighted by molar-refractivity contribution is 5.79. The number of rotatable bonds is 7. The lowest BCUT2D eigenvalue weighted by atomic mass is 10.1. The van der Waals surface area contributed by atoms with Gasteiger partial charge in [0, 0.05) is 19.8 Å². The highest BCUT2D eigenvalue weighted by Crippen LogP contribution is 2.14. The van der Waals surface area contributed by atoms with Crippen molar-refractivity contribution in [1.82, 2.24) is 20.1 Å². The topological polar surface area (TPSA) is 78.3 Å². The molecule has 7 heteroatoms. The Hall–Kier alpha value is -2.25. The van der Waals surface area contributed by atoms with Crippen molar-refractivity contribution in [2.45, 2.75) is 45.1 Å². The molecule has 0 saturated carbocycles. The fraction of sp³-hybridized carbons (Fsp3) is 0.500. The molecule has 1 aromatic carbocycles. The SMILES string of the molecule is C[C@@H](C(=O)NCc1cccc(COC2CCOCC2)c1)n1cncn1. The lowest BCUT2D eigenvalue weighted by Crippen LogP contribution is -2.30. The molecule has 7 nitrogen and oxygen atoms in total. The van der Waals surface area contributed by atoms with Crippen molar-refractivity contribution in [2.24, 2.45) is 0 Å². The number of hydrogen-bond donors (Lipinski definition) is 1. The molecule has 0 unspecified atom stereocenters. The Morgan fingerprint density at radius 2 is 2.20 bits per heavy atom. The van der Waals surface area contributed by atoms with Crippen LogP contribution in [0.4, 0.5) is 0 Å². The summed E-state index contributed by atoms with van der Waals surface area (Å²) in [7, 11) is 0. The quantitative estimate of drug-likeness (QED) is 0.829. The van der Waals surface area contributed by atoms with Crippen molar-refractivity contribution in [1.29, 1.82) is 0 Å². The van der Waals surface area contributed by atoms with Crippen LogP contribution in [0.25, 0.3) is 0 Å². The molecule has 0 aliphatic carbocycles. The van der Waals surface area contributed by atoms with Crippen LogP contribution >= 0.6 is 0 Å². The number of benzene rings is 1. The number of carbonyl (C=O) groups excluding carboxylic acids is 1. The largest absolute Gasteiger partial charge is 0.381 e. The summed E-state index contributed by atoms with van der Waals surface area (Å²) in [5, 5.41) is 6.93. The van der Waals surface area contributed by atoms with E-state index < -0.39 is 0 Å². The Labute approximate surface area is 147 Å². The zero-order valence-electron chi connectivity index (χ0n) is 14.4. The van der Waals surface area contributed by atoms with Crippen LogP contribution in [0.3, 0.4) is 0 Å². The van der Waals surface area contributed by atoms with E-state index in [0.717, 1.165) is 37.2 Å². The van der Waals surface area contributed by atoms with Crippen LogP contribution < -0.4 is 5.32 Å². The van der Waals surface area contributed by atoms with Gasteiger partial charge in [-0.3, -0.25) is 4.79 Å². The number of ether oxygens (including phenoxy) is 2. The maximum absolute atomic E-state index is 12.2. The van der Waals surface area contributed by atoms with E-state index in [1.807, 2.05) is 18.2 Å². The molecular formula is C18H24N4O3. The molecular weight excluding hydrogens is 320 g/mol. The lowest BCUT2D eigenvalue weighted by Gasteiger charge is -2.22. The molecule has 1 fully saturated rings. The zero-order chi connectivity index (χ0) is 17.5. The number of amides is 1. The van der Waals surface area contributed by atoms with Crippen LogP contribution in [0.2, 0.25) is 0 Å². The van der Waals surface area contributed by atoms with E-state index in [9.17, 15) is 4.79 Å². The van der Waals surface area contributed by atoms with Crippen molar-refractivity contribution in [2.75, 3.05) is 13.2 Å². The number of nitrogens with one attached hydrogen (secondary N) is 1. The van der Waals surface area contributed by atoms with Gasteiger partial charge in [-0.1, -0.05) is 24.3 Å². The summed E-state index contributed by atoms with van der Waals surface area (Å²) in [6, 6.07) is 7.72. The molecule has 1 amide bonds. The lowest BCUT2D eigenvalue weighted by molar-refractivity contribution is -0.124. The van der Waals surface area contributed by atoms with Crippen LogP contribution in [-0.4, -0.2) is 40.0 Å². The Bertz CT molecular complexity index is 669. The Morgan fingerprint density at radius 3 is 2.96 bits per heavy atom. The molecule has 25 heavy (non-hydrogen) atoms. The van der Waals surface area contributed by atoms with Gasteiger partial charge in [0.2, 0.25) is 5.91 Å². The predicted octanol–water partition coefficient (Wildman–Crippen LogP) is 1.85. The molecule has 134 valence electrons. The van der Waals surface area contributed by atoms with E-state index in [2.05, 4.69) is 21.5 Å². The third-order valence-electron chi connectivity index (χ3n) is 4.33. The standard InChI is InChI=1S/C18H24N4O3/c1-14(22-13-19-12-21-22)18(23)20-10-15-3-2-4-16(9-15)11-25-17-5-7-24-8-6-17/h2-4,9,12-14,17H,5-8,10-11H2,1H3,(H,20,23)/t14-/m0/s1. The molecule has 0 bridgehead atoms. The molecule has 1 aliphatic heterocycles. The van der Waals surface area contributed by atoms with Gasteiger partial charge in [-0.05, 0) is 30.9 Å². The molecule has 0 radical (unpaired) electrons. The molecule has 1 atom stereocenters. The van der Waals surface area contributed by atoms with Gasteiger partial charge in [0.25, 0.3) is 0 Å². The van der Waals surface area contributed by atoms with Gasteiger partial charge in [0.15, 0.2) is 0 Å². The Kier molecular flexibility index (Phi) is 6.14. The second-order valence-corrected chi connectivity index (χ2v) is 6.21. The number of carbonyl (C=O) groups is 1. The first-order valence-electron chi connectivity index (χ1n) is 8.61. The summed E-state index contributed by atoms with van der Waals surface area (Å²) in [6.07, 6.45) is 5.15. The molecule has 2 heterocycles. The minimum Gasteiger partial charge on any atom is -0.381 e. The van der Waals surface area contributed by atoms with Gasteiger partial charge < -0.3 is 14.8 Å². The summed E-state index contributed by atoms with van der Waals surface area (Å²) in [6.45, 7) is 4.41. The first kappa shape index (κ1) is 17.6. The zero-order valence-corrected chi connectivity index (χ0v) is 14.4. The first-order chi connectivity index (χ1) is 12.2. The minimum atomic E-state index is -0.387. The van der Waals surface area contributed by atoms with E-state index in [-0.39, 0.29) is 18.1 Å². The summed E-state index contributed by atoms with van der Waals surface area (Å²) in [5.74, 6) is -0.0886. The third kappa shape index (κ3) is 5.11. The van der Waals surface area contributed by atoms with Crippen LogP contribution in [0.1, 0.15) is 36.9 Å². The second-order valence-electron chi connectivity index (χ2n) is 6.21. The highest BCUT2D eigenvalue weighted by Gasteiger charge is 2.15. The van der Waals surface area contributed by atoms with Crippen molar-refractivity contribution in [3.63, 3.8) is 0 Å². The molecule has 3 rings (SSSR count). The minimum absolute atomic E-state index is 0.0886. The summed E-state index contributed by atoms with van der Waals surface area (Å²) in [5.41, 5.74) is 2.16. The van der Waals surface area contributed by atoms with Crippen LogP contribution in [-0.2, 0) is 27.4 Å². The van der Waals surface area contributed by atoms with Gasteiger partial charge in [0.05, 0.1) is 12.7 Å². The average Bonchev–Trinajstić information content (AvgIpc) is 3.20. The highest BCUT2D eigenvalue weighted by atomic mass is 16.5. The third-order valence-corrected chi connectivity index (χ3v) is 4.33. The fourth-order valence-electron chi connectivity index (χ4n) is 2.76. The van der Waals surface area contributed by atoms with Gasteiger partial charge in [-0.2, -0.15) is 5.10 Å². The molecule has 1 aromatic heterocycles. The van der Waals surface area contributed by atoms with Crippen LogP contribution in [0, 0.1) is 0 Å². The van der Waals surface area contributed by atoms with Crippen molar-refractivity contribution < 1.29 is 14.3 Å². The summed E-state index contributed by atoms with van der Waals surface area (Å²) < 4.78 is 12.8. The molecule has 1 N–H and O–H groups in total. The smallest absolute Gasteiger partial charge is 0.244 e. The normalized spacial score (nSPS) is 16.5. The van der Waals surface area contributed by atoms with E-state index in [1.54, 1.807) is 13.3 Å². The van der Waals surface area contributed by atoms with Crippen LogP contribution in [0.15, 0.2) is 36.9 Å². The van der Waals surface area contributed by atoms with Crippen molar-refractivity contribution >= 4 is 5.91 Å². The fourth-order valence-corrected chi connectivity index (χ4v) is 2.76. The van der Waals surface area contributed by atoms with Crippen molar-refractivity contribution in [3.05, 3.63) is 48.0 Å². The van der Waals surface area contributed by atoms with Gasteiger partial charge in [-0.25, -0.2) is 9.67 Å². The monoisotopic (exact) mass is 344 g/mol. The van der Waals surface area contributed by atoms with Crippen LogP contribution in [0.5, 0.6) is 0 Å². The summed E-state index contributed by atoms with van der Waals surface area (Å²) in [4.78, 5) is 16.1.